The molecule has 0 aliphatic carbocycles. The van der Waals surface area contributed by atoms with E-state index < -0.39 is 0 Å². The summed E-state index contributed by atoms with van der Waals surface area (Å²) in [5.74, 6) is 0.674. The zero-order valence-corrected chi connectivity index (χ0v) is 15.2. The average molecular weight is 359 g/mol. The Morgan fingerprint density at radius 2 is 2.20 bits per heavy atom. The minimum absolute atomic E-state index is 0.157. The van der Waals surface area contributed by atoms with Crippen molar-refractivity contribution in [2.45, 2.75) is 43.2 Å². The van der Waals surface area contributed by atoms with E-state index >= 15 is 0 Å². The highest BCUT2D eigenvalue weighted by Gasteiger charge is 2.14. The lowest BCUT2D eigenvalue weighted by molar-refractivity contribution is 0.0951. The third-order valence-electron chi connectivity index (χ3n) is 4.29. The van der Waals surface area contributed by atoms with E-state index in [1.54, 1.807) is 22.6 Å². The Morgan fingerprint density at radius 3 is 3.00 bits per heavy atom. The first kappa shape index (κ1) is 17.9. The topological polar surface area (TPSA) is 71.8 Å². The number of thioether (sulfide) groups is 1. The zero-order valence-electron chi connectivity index (χ0n) is 14.4. The van der Waals surface area contributed by atoms with E-state index in [1.165, 1.54) is 24.2 Å². The van der Waals surface area contributed by atoms with E-state index in [-0.39, 0.29) is 5.91 Å². The van der Waals surface area contributed by atoms with Crippen molar-refractivity contribution in [3.63, 3.8) is 0 Å². The highest BCUT2D eigenvalue weighted by molar-refractivity contribution is 7.99. The number of carbonyl (C=O) groups excluding carboxylic acids is 1. The molecule has 2 aromatic rings. The Hall–Kier alpha value is -1.86. The van der Waals surface area contributed by atoms with E-state index in [9.17, 15) is 4.79 Å². The minimum atomic E-state index is -0.157. The first-order valence-corrected chi connectivity index (χ1v) is 9.89. The normalized spacial score (nSPS) is 17.4. The molecule has 2 heterocycles. The van der Waals surface area contributed by atoms with Gasteiger partial charge < -0.3 is 10.6 Å². The molecule has 7 heteroatoms. The number of nitrogens with one attached hydrogen (secondary N) is 2. The van der Waals surface area contributed by atoms with Gasteiger partial charge in [-0.2, -0.15) is 0 Å². The molecular weight excluding hydrogens is 334 g/mol. The van der Waals surface area contributed by atoms with Crippen molar-refractivity contribution in [1.29, 1.82) is 0 Å². The lowest BCUT2D eigenvalue weighted by Crippen LogP contribution is -2.34. The summed E-state index contributed by atoms with van der Waals surface area (Å²) in [4.78, 5) is 13.3. The maximum atomic E-state index is 12.1. The van der Waals surface area contributed by atoms with E-state index in [2.05, 4.69) is 33.1 Å². The van der Waals surface area contributed by atoms with Gasteiger partial charge in [-0.25, -0.2) is 0 Å². The molecule has 1 saturated heterocycles. The number of nitrogens with zero attached hydrogens (tertiary/aromatic N) is 3. The Morgan fingerprint density at radius 1 is 1.32 bits per heavy atom. The van der Waals surface area contributed by atoms with Crippen molar-refractivity contribution in [3.8, 4) is 0 Å². The maximum Gasteiger partial charge on any atom is 0.273 e. The van der Waals surface area contributed by atoms with E-state index in [1.807, 2.05) is 18.2 Å². The van der Waals surface area contributed by atoms with Crippen LogP contribution >= 0.6 is 11.8 Å². The van der Waals surface area contributed by atoms with Gasteiger partial charge in [-0.3, -0.25) is 9.48 Å². The Labute approximate surface area is 152 Å². The summed E-state index contributed by atoms with van der Waals surface area (Å²) >= 11 is 1.72. The van der Waals surface area contributed by atoms with Crippen molar-refractivity contribution < 1.29 is 4.79 Å². The van der Waals surface area contributed by atoms with Gasteiger partial charge in [-0.1, -0.05) is 29.8 Å². The van der Waals surface area contributed by atoms with E-state index in [0.29, 0.717) is 18.3 Å². The lowest BCUT2D eigenvalue weighted by atomic mass is 10.0. The van der Waals surface area contributed by atoms with Gasteiger partial charge in [-0.15, -0.1) is 16.9 Å². The molecule has 1 aromatic heterocycles. The quantitative estimate of drug-likeness (QED) is 0.559. The number of hydrogen-bond donors (Lipinski definition) is 2. The average Bonchev–Trinajstić information content (AvgIpc) is 3.14. The first-order chi connectivity index (χ1) is 12.3. The van der Waals surface area contributed by atoms with Crippen LogP contribution in [0.4, 0.5) is 0 Å². The van der Waals surface area contributed by atoms with Crippen molar-refractivity contribution >= 4 is 17.7 Å². The molecule has 1 unspecified atom stereocenters. The van der Waals surface area contributed by atoms with Crippen LogP contribution in [0, 0.1) is 0 Å². The highest BCUT2D eigenvalue weighted by Crippen LogP contribution is 2.15. The molecule has 0 radical (unpaired) electrons. The Balaban J connectivity index is 1.36. The Bertz CT molecular complexity index is 654. The standard InChI is InChI=1S/C18H25N5OS/c24-18(20-11-13-25-16-7-2-1-3-8-16)17-14-23(22-21-17)12-9-15-6-4-5-10-19-15/h1-3,7-8,14-15,19H,4-6,9-13H2,(H,20,24). The smallest absolute Gasteiger partial charge is 0.273 e. The number of amides is 1. The molecular formula is C18H25N5OS. The summed E-state index contributed by atoms with van der Waals surface area (Å²) in [5, 5.41) is 14.5. The predicted octanol–water partition coefficient (Wildman–Crippen LogP) is 2.33. The molecule has 25 heavy (non-hydrogen) atoms. The molecule has 134 valence electrons. The molecule has 6 nitrogen and oxygen atoms in total. The summed E-state index contributed by atoms with van der Waals surface area (Å²) in [7, 11) is 0. The molecule has 0 bridgehead atoms. The van der Waals surface area contributed by atoms with Crippen LogP contribution in [0.3, 0.4) is 0 Å². The van der Waals surface area contributed by atoms with Crippen molar-refractivity contribution in [2.24, 2.45) is 0 Å². The fourth-order valence-electron chi connectivity index (χ4n) is 2.91. The largest absolute Gasteiger partial charge is 0.350 e. The van der Waals surface area contributed by atoms with Crippen LogP contribution in [-0.4, -0.2) is 45.8 Å². The number of piperidine rings is 1. The minimum Gasteiger partial charge on any atom is -0.350 e. The van der Waals surface area contributed by atoms with Crippen molar-refractivity contribution in [1.82, 2.24) is 25.6 Å². The number of aromatic nitrogens is 3. The maximum absolute atomic E-state index is 12.1. The monoisotopic (exact) mass is 359 g/mol. The highest BCUT2D eigenvalue weighted by atomic mass is 32.2. The molecule has 1 aliphatic rings. The van der Waals surface area contributed by atoms with Crippen molar-refractivity contribution in [3.05, 3.63) is 42.2 Å². The summed E-state index contributed by atoms with van der Waals surface area (Å²) in [6.45, 7) is 2.51. The zero-order chi connectivity index (χ0) is 17.3. The van der Waals surface area contributed by atoms with Gasteiger partial charge >= 0.3 is 0 Å². The number of carbonyl (C=O) groups is 1. The second-order valence-corrected chi connectivity index (χ2v) is 7.39. The SMILES string of the molecule is O=C(NCCSc1ccccc1)c1cn(CCC2CCCCN2)nn1. The fraction of sp³-hybridized carbons (Fsp3) is 0.500. The second kappa shape index (κ2) is 9.58. The number of hydrogen-bond acceptors (Lipinski definition) is 5. The van der Waals surface area contributed by atoms with Gasteiger partial charge in [-0.05, 0) is 37.9 Å². The number of benzene rings is 1. The molecule has 0 saturated carbocycles. The summed E-state index contributed by atoms with van der Waals surface area (Å²) in [5.41, 5.74) is 0.390. The molecule has 1 fully saturated rings. The third-order valence-corrected chi connectivity index (χ3v) is 5.30. The first-order valence-electron chi connectivity index (χ1n) is 8.91. The number of rotatable bonds is 8. The molecule has 1 atom stereocenters. The lowest BCUT2D eigenvalue weighted by Gasteiger charge is -2.23. The molecule has 1 amide bonds. The van der Waals surface area contributed by atoms with Crippen LogP contribution in [0.15, 0.2) is 41.4 Å². The van der Waals surface area contributed by atoms with Crippen LogP contribution in [0.5, 0.6) is 0 Å². The van der Waals surface area contributed by atoms with Crippen LogP contribution < -0.4 is 10.6 Å². The summed E-state index contributed by atoms with van der Waals surface area (Å²) in [6.07, 6.45) is 6.55. The summed E-state index contributed by atoms with van der Waals surface area (Å²) in [6, 6.07) is 10.7. The van der Waals surface area contributed by atoms with Gasteiger partial charge in [0.05, 0.1) is 6.20 Å². The summed E-state index contributed by atoms with van der Waals surface area (Å²) < 4.78 is 1.77. The predicted molar refractivity (Wildman–Crippen MR) is 99.8 cm³/mol. The molecule has 1 aromatic carbocycles. The molecule has 0 spiro atoms. The second-order valence-electron chi connectivity index (χ2n) is 6.22. The van der Waals surface area contributed by atoms with Gasteiger partial charge in [0.1, 0.15) is 0 Å². The van der Waals surface area contributed by atoms with E-state index in [0.717, 1.165) is 25.3 Å². The van der Waals surface area contributed by atoms with Gasteiger partial charge in [0, 0.05) is 29.8 Å². The fourth-order valence-corrected chi connectivity index (χ4v) is 3.70. The molecule has 2 N–H and O–H groups in total. The van der Waals surface area contributed by atoms with Crippen molar-refractivity contribution in [2.75, 3.05) is 18.8 Å². The van der Waals surface area contributed by atoms with Gasteiger partial charge in [0.2, 0.25) is 0 Å². The van der Waals surface area contributed by atoms with Crippen LogP contribution in [0.1, 0.15) is 36.2 Å². The van der Waals surface area contributed by atoms with Crippen LogP contribution in [-0.2, 0) is 6.54 Å². The third kappa shape index (κ3) is 5.86. The van der Waals surface area contributed by atoms with Crippen LogP contribution in [0.2, 0.25) is 0 Å². The molecule has 1 aliphatic heterocycles. The van der Waals surface area contributed by atoms with Crippen LogP contribution in [0.25, 0.3) is 0 Å². The Kier molecular flexibility index (Phi) is 6.88. The molecule has 3 rings (SSSR count). The van der Waals surface area contributed by atoms with Gasteiger partial charge in [0.15, 0.2) is 5.69 Å². The van der Waals surface area contributed by atoms with E-state index in [4.69, 9.17) is 0 Å². The number of aryl methyl sites for hydroxylation is 1. The van der Waals surface area contributed by atoms with Gasteiger partial charge in [0.25, 0.3) is 5.91 Å².